The Labute approximate surface area is 130 Å². The van der Waals surface area contributed by atoms with Gasteiger partial charge >= 0.3 is 5.97 Å². The first kappa shape index (κ1) is 14.0. The van der Waals surface area contributed by atoms with Crippen molar-refractivity contribution in [3.8, 4) is 0 Å². The lowest BCUT2D eigenvalue weighted by Gasteiger charge is -2.39. The fourth-order valence-electron chi connectivity index (χ4n) is 4.19. The number of allylic oxidation sites excluding steroid dienone is 3. The number of hydrogen-bond donors (Lipinski definition) is 2. The molecule has 2 fully saturated rings. The number of Topliss-reactive ketones (excluding diaryl/α,β-unsaturated/α-hetero) is 1. The molecule has 4 heteroatoms. The third kappa shape index (κ3) is 2.20. The van der Waals surface area contributed by atoms with Crippen LogP contribution in [0.25, 0.3) is 0 Å². The Bertz CT molecular complexity index is 633. The highest BCUT2D eigenvalue weighted by molar-refractivity contribution is 6.02. The van der Waals surface area contributed by atoms with Crippen LogP contribution in [-0.2, 0) is 9.59 Å². The molecule has 0 aromatic rings. The van der Waals surface area contributed by atoms with Crippen LogP contribution in [0.5, 0.6) is 0 Å². The number of carboxylic acids is 1. The summed E-state index contributed by atoms with van der Waals surface area (Å²) in [5, 5.41) is 13.2. The second-order valence-electron chi connectivity index (χ2n) is 8.18. The molecule has 0 aromatic heterocycles. The van der Waals surface area contributed by atoms with E-state index in [4.69, 9.17) is 0 Å². The molecular formula is C18H23NO3. The molecule has 4 aliphatic rings. The Morgan fingerprint density at radius 2 is 1.86 bits per heavy atom. The van der Waals surface area contributed by atoms with Crippen molar-refractivity contribution in [1.82, 2.24) is 5.32 Å². The molecule has 1 heterocycles. The molecule has 0 spiro atoms. The van der Waals surface area contributed by atoms with Gasteiger partial charge in [-0.3, -0.25) is 4.79 Å². The number of carboxylic acid groups (broad SMARTS) is 1. The summed E-state index contributed by atoms with van der Waals surface area (Å²) in [7, 11) is 0. The van der Waals surface area contributed by atoms with Crippen molar-refractivity contribution >= 4 is 11.8 Å². The lowest BCUT2D eigenvalue weighted by Crippen LogP contribution is -2.40. The maximum absolute atomic E-state index is 12.7. The van der Waals surface area contributed by atoms with E-state index in [0.29, 0.717) is 23.8 Å². The SMILES string of the molecule is CC1(C)CC(=O)C2=C(C1)NC(C1CC1)=C(C(=O)O)C2C1CC1. The molecule has 4 nitrogen and oxygen atoms in total. The highest BCUT2D eigenvalue weighted by Crippen LogP contribution is 2.53. The largest absolute Gasteiger partial charge is 0.478 e. The summed E-state index contributed by atoms with van der Waals surface area (Å²) in [6.45, 7) is 4.24. The lowest BCUT2D eigenvalue weighted by atomic mass is 9.68. The Hall–Kier alpha value is -1.58. The van der Waals surface area contributed by atoms with Gasteiger partial charge in [-0.2, -0.15) is 0 Å². The van der Waals surface area contributed by atoms with E-state index in [1.165, 1.54) is 0 Å². The van der Waals surface area contributed by atoms with Crippen LogP contribution in [-0.4, -0.2) is 16.9 Å². The third-order valence-electron chi connectivity index (χ3n) is 5.43. The molecule has 1 unspecified atom stereocenters. The number of hydrogen-bond acceptors (Lipinski definition) is 3. The summed E-state index contributed by atoms with van der Waals surface area (Å²) in [4.78, 5) is 24.7. The minimum Gasteiger partial charge on any atom is -0.478 e. The van der Waals surface area contributed by atoms with Gasteiger partial charge in [0.15, 0.2) is 5.78 Å². The number of ketones is 1. The number of carbonyl (C=O) groups excluding carboxylic acids is 1. The normalized spacial score (nSPS) is 31.0. The van der Waals surface area contributed by atoms with E-state index in [2.05, 4.69) is 19.2 Å². The number of aliphatic carboxylic acids is 1. The summed E-state index contributed by atoms with van der Waals surface area (Å²) < 4.78 is 0. The molecule has 118 valence electrons. The van der Waals surface area contributed by atoms with Gasteiger partial charge in [-0.15, -0.1) is 0 Å². The van der Waals surface area contributed by atoms with E-state index in [-0.39, 0.29) is 17.1 Å². The van der Waals surface area contributed by atoms with Crippen molar-refractivity contribution in [3.05, 3.63) is 22.5 Å². The number of dihydropyridines is 1. The highest BCUT2D eigenvalue weighted by Gasteiger charge is 2.49. The summed E-state index contributed by atoms with van der Waals surface area (Å²) in [6.07, 6.45) is 5.61. The van der Waals surface area contributed by atoms with Gasteiger partial charge in [-0.25, -0.2) is 4.79 Å². The second kappa shape index (κ2) is 4.46. The maximum Gasteiger partial charge on any atom is 0.333 e. The molecule has 0 bridgehead atoms. The van der Waals surface area contributed by atoms with E-state index >= 15 is 0 Å². The van der Waals surface area contributed by atoms with E-state index in [0.717, 1.165) is 49.1 Å². The summed E-state index contributed by atoms with van der Waals surface area (Å²) in [5.41, 5.74) is 3.19. The first-order valence-electron chi connectivity index (χ1n) is 8.38. The average Bonchev–Trinajstić information content (AvgIpc) is 3.25. The molecule has 0 radical (unpaired) electrons. The molecule has 3 aliphatic carbocycles. The molecule has 1 atom stereocenters. The third-order valence-corrected chi connectivity index (χ3v) is 5.43. The van der Waals surface area contributed by atoms with Gasteiger partial charge in [0.25, 0.3) is 0 Å². The molecule has 22 heavy (non-hydrogen) atoms. The molecule has 0 amide bonds. The standard InChI is InChI=1S/C18H23NO3/c1-18(2)7-11-14(12(20)8-18)13(9-3-4-9)15(17(21)22)16(19-11)10-5-6-10/h9-10,13,19H,3-8H2,1-2H3,(H,21,22). The predicted octanol–water partition coefficient (Wildman–Crippen LogP) is 3.01. The fraction of sp³-hybridized carbons (Fsp3) is 0.667. The van der Waals surface area contributed by atoms with E-state index in [9.17, 15) is 14.7 Å². The fourth-order valence-corrected chi connectivity index (χ4v) is 4.19. The van der Waals surface area contributed by atoms with Gasteiger partial charge in [0, 0.05) is 29.3 Å². The number of carbonyl (C=O) groups is 2. The van der Waals surface area contributed by atoms with Crippen LogP contribution in [0.15, 0.2) is 22.5 Å². The number of rotatable bonds is 3. The van der Waals surface area contributed by atoms with Gasteiger partial charge < -0.3 is 10.4 Å². The molecular weight excluding hydrogens is 278 g/mol. The molecule has 0 aromatic carbocycles. The first-order chi connectivity index (χ1) is 10.4. The van der Waals surface area contributed by atoms with Gasteiger partial charge in [0.05, 0.1) is 5.57 Å². The monoisotopic (exact) mass is 301 g/mol. The van der Waals surface area contributed by atoms with Crippen molar-refractivity contribution in [2.24, 2.45) is 23.2 Å². The molecule has 2 saturated carbocycles. The van der Waals surface area contributed by atoms with Crippen LogP contribution in [0.4, 0.5) is 0 Å². The molecule has 2 N–H and O–H groups in total. The highest BCUT2D eigenvalue weighted by atomic mass is 16.4. The van der Waals surface area contributed by atoms with Crippen LogP contribution in [0, 0.1) is 23.2 Å². The minimum absolute atomic E-state index is 0.0353. The van der Waals surface area contributed by atoms with Crippen molar-refractivity contribution in [1.29, 1.82) is 0 Å². The smallest absolute Gasteiger partial charge is 0.333 e. The summed E-state index contributed by atoms with van der Waals surface area (Å²) in [6, 6.07) is 0. The van der Waals surface area contributed by atoms with E-state index in [1.54, 1.807) is 0 Å². The van der Waals surface area contributed by atoms with Crippen LogP contribution in [0.1, 0.15) is 52.4 Å². The molecule has 4 rings (SSSR count). The Morgan fingerprint density at radius 1 is 1.18 bits per heavy atom. The quantitative estimate of drug-likeness (QED) is 0.841. The summed E-state index contributed by atoms with van der Waals surface area (Å²) >= 11 is 0. The van der Waals surface area contributed by atoms with Gasteiger partial charge in [0.2, 0.25) is 0 Å². The zero-order valence-electron chi connectivity index (χ0n) is 13.2. The Balaban J connectivity index is 1.83. The van der Waals surface area contributed by atoms with Crippen LogP contribution in [0.3, 0.4) is 0 Å². The Morgan fingerprint density at radius 3 is 2.41 bits per heavy atom. The van der Waals surface area contributed by atoms with E-state index in [1.807, 2.05) is 0 Å². The maximum atomic E-state index is 12.7. The zero-order chi connectivity index (χ0) is 15.6. The predicted molar refractivity (Wildman–Crippen MR) is 81.8 cm³/mol. The average molecular weight is 301 g/mol. The second-order valence-corrected chi connectivity index (χ2v) is 8.18. The van der Waals surface area contributed by atoms with Crippen LogP contribution < -0.4 is 5.32 Å². The molecule has 1 aliphatic heterocycles. The summed E-state index contributed by atoms with van der Waals surface area (Å²) in [5.74, 6) is -0.119. The first-order valence-corrected chi connectivity index (χ1v) is 8.38. The number of nitrogens with one attached hydrogen (secondary N) is 1. The van der Waals surface area contributed by atoms with Crippen molar-refractivity contribution in [2.75, 3.05) is 0 Å². The van der Waals surface area contributed by atoms with Crippen molar-refractivity contribution < 1.29 is 14.7 Å². The van der Waals surface area contributed by atoms with Gasteiger partial charge in [-0.1, -0.05) is 13.8 Å². The van der Waals surface area contributed by atoms with Gasteiger partial charge in [-0.05, 0) is 49.4 Å². The Kier molecular flexibility index (Phi) is 2.85. The molecule has 0 saturated heterocycles. The van der Waals surface area contributed by atoms with Crippen molar-refractivity contribution in [3.63, 3.8) is 0 Å². The van der Waals surface area contributed by atoms with Crippen LogP contribution in [0.2, 0.25) is 0 Å². The minimum atomic E-state index is -0.838. The van der Waals surface area contributed by atoms with Crippen LogP contribution >= 0.6 is 0 Å². The topological polar surface area (TPSA) is 66.4 Å². The van der Waals surface area contributed by atoms with Crippen molar-refractivity contribution in [2.45, 2.75) is 52.4 Å². The van der Waals surface area contributed by atoms with Gasteiger partial charge in [0.1, 0.15) is 0 Å². The zero-order valence-corrected chi connectivity index (χ0v) is 13.2. The van der Waals surface area contributed by atoms with E-state index < -0.39 is 5.97 Å². The lowest BCUT2D eigenvalue weighted by molar-refractivity contribution is -0.133.